The fourth-order valence-electron chi connectivity index (χ4n) is 1.01. The number of rotatable bonds is 5. The second-order valence-electron chi connectivity index (χ2n) is 2.91. The van der Waals surface area contributed by atoms with Gasteiger partial charge in [0, 0.05) is 17.5 Å². The average molecular weight is 223 g/mol. The highest BCUT2D eigenvalue weighted by atomic mass is 32.1. The molecule has 80 valence electrons. The molecule has 1 aromatic heterocycles. The first-order valence-electron chi connectivity index (χ1n) is 4.53. The van der Waals surface area contributed by atoms with Gasteiger partial charge >= 0.3 is 5.97 Å². The Hall–Kier alpha value is -1.39. The number of likely N-dealkylation sites (N-methyl/N-ethyl adjacent to an activating group) is 1. The van der Waals surface area contributed by atoms with Gasteiger partial charge in [-0.2, -0.15) is 0 Å². The van der Waals surface area contributed by atoms with Crippen molar-refractivity contribution in [1.82, 2.24) is 5.32 Å². The van der Waals surface area contributed by atoms with Crippen LogP contribution in [0.4, 0.5) is 0 Å². The van der Waals surface area contributed by atoms with Crippen LogP contribution in [0.1, 0.15) is 10.4 Å². The first-order chi connectivity index (χ1) is 7.22. The van der Waals surface area contributed by atoms with Crippen LogP contribution in [-0.2, 0) is 4.79 Å². The average Bonchev–Trinajstić information content (AvgIpc) is 2.63. The van der Waals surface area contributed by atoms with Gasteiger partial charge in [0.25, 0.3) is 0 Å². The predicted molar refractivity (Wildman–Crippen MR) is 63.9 cm³/mol. The lowest BCUT2D eigenvalue weighted by Gasteiger charge is -1.86. The summed E-state index contributed by atoms with van der Waals surface area (Å²) in [6.07, 6.45) is 6.77. The molecule has 3 nitrogen and oxygen atoms in total. The van der Waals surface area contributed by atoms with Crippen LogP contribution in [0.5, 0.6) is 0 Å². The fourth-order valence-corrected chi connectivity index (χ4v) is 1.78. The van der Waals surface area contributed by atoms with E-state index < -0.39 is 5.97 Å². The molecule has 0 aliphatic carbocycles. The summed E-state index contributed by atoms with van der Waals surface area (Å²) < 4.78 is 0. The Labute approximate surface area is 92.8 Å². The highest BCUT2D eigenvalue weighted by molar-refractivity contribution is 7.11. The van der Waals surface area contributed by atoms with Crippen LogP contribution < -0.4 is 5.32 Å². The van der Waals surface area contributed by atoms with Gasteiger partial charge in [0.15, 0.2) is 0 Å². The topological polar surface area (TPSA) is 49.3 Å². The van der Waals surface area contributed by atoms with Crippen molar-refractivity contribution in [3.05, 3.63) is 34.0 Å². The van der Waals surface area contributed by atoms with Crippen molar-refractivity contribution in [3.63, 3.8) is 0 Å². The van der Waals surface area contributed by atoms with E-state index in [2.05, 4.69) is 5.32 Å². The van der Waals surface area contributed by atoms with Gasteiger partial charge in [-0.05, 0) is 30.1 Å². The largest absolute Gasteiger partial charge is 0.478 e. The standard InChI is InChI=1S/C11H13NO2S/c1-12-6-2-3-9-7-10(15-8-9)4-5-11(13)14/h2-5,7-8,12H,6H2,1H3,(H,13,14)/b3-2?,5-4+. The van der Waals surface area contributed by atoms with Crippen LogP contribution in [0, 0.1) is 0 Å². The minimum atomic E-state index is -0.921. The van der Waals surface area contributed by atoms with Crippen molar-refractivity contribution >= 4 is 29.5 Å². The molecule has 0 radical (unpaired) electrons. The molecule has 4 heteroatoms. The Balaban J connectivity index is 2.60. The lowest BCUT2D eigenvalue weighted by atomic mass is 10.3. The van der Waals surface area contributed by atoms with Gasteiger partial charge in [0.2, 0.25) is 0 Å². The molecule has 1 heterocycles. The number of aliphatic carboxylic acids is 1. The molecule has 1 rings (SSSR count). The molecule has 0 saturated carbocycles. The molecule has 0 aromatic carbocycles. The molecule has 0 atom stereocenters. The molecule has 0 saturated heterocycles. The molecule has 1 aromatic rings. The second-order valence-corrected chi connectivity index (χ2v) is 3.86. The van der Waals surface area contributed by atoms with E-state index in [1.807, 2.05) is 30.6 Å². The molecule has 0 bridgehead atoms. The van der Waals surface area contributed by atoms with E-state index in [4.69, 9.17) is 5.11 Å². The van der Waals surface area contributed by atoms with E-state index in [0.29, 0.717) is 0 Å². The lowest BCUT2D eigenvalue weighted by molar-refractivity contribution is -0.131. The minimum absolute atomic E-state index is 0.830. The molecule has 0 unspecified atom stereocenters. The Morgan fingerprint density at radius 2 is 2.40 bits per heavy atom. The summed E-state index contributed by atoms with van der Waals surface area (Å²) >= 11 is 1.53. The lowest BCUT2D eigenvalue weighted by Crippen LogP contribution is -2.03. The molecule has 2 N–H and O–H groups in total. The van der Waals surface area contributed by atoms with E-state index in [-0.39, 0.29) is 0 Å². The highest BCUT2D eigenvalue weighted by Gasteiger charge is 1.94. The third-order valence-electron chi connectivity index (χ3n) is 1.66. The smallest absolute Gasteiger partial charge is 0.328 e. The molecule has 0 amide bonds. The van der Waals surface area contributed by atoms with Crippen molar-refractivity contribution in [3.8, 4) is 0 Å². The molecule has 15 heavy (non-hydrogen) atoms. The van der Waals surface area contributed by atoms with Crippen LogP contribution >= 0.6 is 11.3 Å². The molecular weight excluding hydrogens is 210 g/mol. The Bertz CT molecular complexity index is 380. The van der Waals surface area contributed by atoms with Crippen LogP contribution in [0.2, 0.25) is 0 Å². The minimum Gasteiger partial charge on any atom is -0.478 e. The summed E-state index contributed by atoms with van der Waals surface area (Å²) in [5.41, 5.74) is 1.10. The summed E-state index contributed by atoms with van der Waals surface area (Å²) in [6, 6.07) is 1.95. The van der Waals surface area contributed by atoms with Gasteiger partial charge < -0.3 is 10.4 Å². The van der Waals surface area contributed by atoms with Gasteiger partial charge in [-0.25, -0.2) is 4.79 Å². The molecule has 0 fully saturated rings. The van der Waals surface area contributed by atoms with E-state index in [0.717, 1.165) is 23.1 Å². The van der Waals surface area contributed by atoms with E-state index >= 15 is 0 Å². The number of carboxylic acids is 1. The summed E-state index contributed by atoms with van der Waals surface area (Å²) in [7, 11) is 1.89. The third-order valence-corrected chi connectivity index (χ3v) is 2.58. The number of hydrogen-bond donors (Lipinski definition) is 2. The number of hydrogen-bond acceptors (Lipinski definition) is 3. The first kappa shape index (κ1) is 11.7. The number of carbonyl (C=O) groups is 1. The van der Waals surface area contributed by atoms with Gasteiger partial charge in [-0.3, -0.25) is 0 Å². The predicted octanol–water partition coefficient (Wildman–Crippen LogP) is 2.08. The summed E-state index contributed by atoms with van der Waals surface area (Å²) in [5, 5.41) is 13.5. The summed E-state index contributed by atoms with van der Waals surface area (Å²) in [6.45, 7) is 0.830. The zero-order valence-corrected chi connectivity index (χ0v) is 9.25. The van der Waals surface area contributed by atoms with Crippen molar-refractivity contribution in [2.45, 2.75) is 0 Å². The normalized spacial score (nSPS) is 11.5. The Morgan fingerprint density at radius 1 is 1.60 bits per heavy atom. The van der Waals surface area contributed by atoms with Crippen molar-refractivity contribution < 1.29 is 9.90 Å². The maximum atomic E-state index is 10.3. The van der Waals surface area contributed by atoms with Crippen LogP contribution in [0.25, 0.3) is 12.2 Å². The van der Waals surface area contributed by atoms with Gasteiger partial charge in [-0.15, -0.1) is 11.3 Å². The zero-order valence-electron chi connectivity index (χ0n) is 8.43. The van der Waals surface area contributed by atoms with Gasteiger partial charge in [-0.1, -0.05) is 12.2 Å². The summed E-state index contributed by atoms with van der Waals surface area (Å²) in [4.78, 5) is 11.2. The molecule has 0 aliphatic rings. The maximum Gasteiger partial charge on any atom is 0.328 e. The first-order valence-corrected chi connectivity index (χ1v) is 5.41. The molecular formula is C11H13NO2S. The number of carboxylic acid groups (broad SMARTS) is 1. The number of nitrogens with one attached hydrogen (secondary N) is 1. The SMILES string of the molecule is CNCC=Cc1csc(/C=C/C(=O)O)c1. The molecule has 0 aliphatic heterocycles. The quantitative estimate of drug-likeness (QED) is 0.751. The van der Waals surface area contributed by atoms with Crippen LogP contribution in [0.15, 0.2) is 23.6 Å². The Morgan fingerprint density at radius 3 is 3.07 bits per heavy atom. The maximum absolute atomic E-state index is 10.3. The van der Waals surface area contributed by atoms with Gasteiger partial charge in [0.1, 0.15) is 0 Å². The van der Waals surface area contributed by atoms with Gasteiger partial charge in [0.05, 0.1) is 0 Å². The fraction of sp³-hybridized carbons (Fsp3) is 0.182. The van der Waals surface area contributed by atoms with Crippen molar-refractivity contribution in [1.29, 1.82) is 0 Å². The van der Waals surface area contributed by atoms with E-state index in [9.17, 15) is 4.79 Å². The highest BCUT2D eigenvalue weighted by Crippen LogP contribution is 2.17. The monoisotopic (exact) mass is 223 g/mol. The van der Waals surface area contributed by atoms with E-state index in [1.54, 1.807) is 6.08 Å². The van der Waals surface area contributed by atoms with Crippen LogP contribution in [0.3, 0.4) is 0 Å². The third kappa shape index (κ3) is 4.58. The van der Waals surface area contributed by atoms with Crippen molar-refractivity contribution in [2.24, 2.45) is 0 Å². The Kier molecular flexibility index (Phi) is 4.80. The second kappa shape index (κ2) is 6.16. The van der Waals surface area contributed by atoms with Crippen molar-refractivity contribution in [2.75, 3.05) is 13.6 Å². The van der Waals surface area contributed by atoms with E-state index in [1.165, 1.54) is 11.3 Å². The molecule has 0 spiro atoms. The van der Waals surface area contributed by atoms with Crippen LogP contribution in [-0.4, -0.2) is 24.7 Å². The number of thiophene rings is 1. The summed E-state index contributed by atoms with van der Waals surface area (Å²) in [5.74, 6) is -0.921. The zero-order chi connectivity index (χ0) is 11.1.